The molecule has 2 amide bonds. The van der Waals surface area contributed by atoms with Crippen LogP contribution < -0.4 is 5.32 Å². The molecule has 1 aromatic carbocycles. The van der Waals surface area contributed by atoms with Crippen molar-refractivity contribution in [3.05, 3.63) is 65.0 Å². The second kappa shape index (κ2) is 8.13. The Kier molecular flexibility index (Phi) is 5.66. The Morgan fingerprint density at radius 1 is 1.23 bits per heavy atom. The van der Waals surface area contributed by atoms with Crippen LogP contribution >= 0.6 is 0 Å². The Bertz CT molecular complexity index is 769. The third-order valence-corrected chi connectivity index (χ3v) is 4.74. The van der Waals surface area contributed by atoms with Crippen LogP contribution in [-0.2, 0) is 11.3 Å². The summed E-state index contributed by atoms with van der Waals surface area (Å²) in [7, 11) is 0. The highest BCUT2D eigenvalue weighted by Gasteiger charge is 2.28. The van der Waals surface area contributed by atoms with Crippen LogP contribution in [0.1, 0.15) is 39.9 Å². The molecule has 0 bridgehead atoms. The van der Waals surface area contributed by atoms with E-state index in [1.165, 1.54) is 0 Å². The average molecular weight is 351 g/mol. The van der Waals surface area contributed by atoms with Crippen molar-refractivity contribution >= 4 is 11.8 Å². The predicted octanol–water partition coefficient (Wildman–Crippen LogP) is 2.87. The van der Waals surface area contributed by atoms with Crippen molar-refractivity contribution in [3.63, 3.8) is 0 Å². The van der Waals surface area contributed by atoms with Gasteiger partial charge in [0.15, 0.2) is 0 Å². The third kappa shape index (κ3) is 4.48. The van der Waals surface area contributed by atoms with Gasteiger partial charge in [0.1, 0.15) is 0 Å². The molecule has 1 aromatic heterocycles. The number of rotatable bonds is 4. The number of carbonyl (C=O) groups is 2. The molecule has 1 unspecified atom stereocenters. The normalized spacial score (nSPS) is 17.0. The van der Waals surface area contributed by atoms with Gasteiger partial charge in [-0.1, -0.05) is 23.3 Å². The zero-order chi connectivity index (χ0) is 18.5. The summed E-state index contributed by atoms with van der Waals surface area (Å²) >= 11 is 0. The molecular weight excluding hydrogens is 326 g/mol. The van der Waals surface area contributed by atoms with Gasteiger partial charge >= 0.3 is 0 Å². The van der Waals surface area contributed by atoms with E-state index in [-0.39, 0.29) is 17.7 Å². The van der Waals surface area contributed by atoms with Gasteiger partial charge in [-0.15, -0.1) is 0 Å². The van der Waals surface area contributed by atoms with Crippen LogP contribution in [0.25, 0.3) is 0 Å². The molecule has 1 fully saturated rings. The van der Waals surface area contributed by atoms with Gasteiger partial charge in [-0.05, 0) is 50.5 Å². The number of nitrogens with one attached hydrogen (secondary N) is 1. The van der Waals surface area contributed by atoms with Crippen molar-refractivity contribution in [2.75, 3.05) is 13.1 Å². The lowest BCUT2D eigenvalue weighted by atomic mass is 9.96. The second-order valence-corrected chi connectivity index (χ2v) is 7.05. The van der Waals surface area contributed by atoms with Crippen molar-refractivity contribution in [3.8, 4) is 0 Å². The maximum Gasteiger partial charge on any atom is 0.253 e. The minimum Gasteiger partial charge on any atom is -0.352 e. The van der Waals surface area contributed by atoms with Gasteiger partial charge in [-0.25, -0.2) is 0 Å². The SMILES string of the molecule is Cc1cc(C)cc(C(=O)N2CCCC(C(=O)NCc3cccnc3)C2)c1. The Hall–Kier alpha value is -2.69. The van der Waals surface area contributed by atoms with Gasteiger partial charge in [0.25, 0.3) is 5.91 Å². The van der Waals surface area contributed by atoms with Gasteiger partial charge in [-0.2, -0.15) is 0 Å². The molecule has 1 N–H and O–H groups in total. The van der Waals surface area contributed by atoms with Crippen molar-refractivity contribution in [1.82, 2.24) is 15.2 Å². The molecule has 1 aliphatic heterocycles. The van der Waals surface area contributed by atoms with Crippen LogP contribution in [0.15, 0.2) is 42.7 Å². The molecule has 0 aliphatic carbocycles. The fraction of sp³-hybridized carbons (Fsp3) is 0.381. The highest BCUT2D eigenvalue weighted by Crippen LogP contribution is 2.20. The minimum absolute atomic E-state index is 0.00627. The number of nitrogens with zero attached hydrogens (tertiary/aromatic N) is 2. The van der Waals surface area contributed by atoms with E-state index in [0.717, 1.165) is 29.5 Å². The van der Waals surface area contributed by atoms with Gasteiger partial charge in [-0.3, -0.25) is 14.6 Å². The molecular formula is C21H25N3O2. The van der Waals surface area contributed by atoms with E-state index < -0.39 is 0 Å². The quantitative estimate of drug-likeness (QED) is 0.921. The lowest BCUT2D eigenvalue weighted by Crippen LogP contribution is -2.45. The van der Waals surface area contributed by atoms with Crippen molar-refractivity contribution in [2.45, 2.75) is 33.2 Å². The maximum atomic E-state index is 12.8. The molecule has 0 saturated carbocycles. The van der Waals surface area contributed by atoms with Crippen LogP contribution in [0.2, 0.25) is 0 Å². The first-order valence-electron chi connectivity index (χ1n) is 9.07. The smallest absolute Gasteiger partial charge is 0.253 e. The van der Waals surface area contributed by atoms with E-state index in [2.05, 4.69) is 16.4 Å². The zero-order valence-electron chi connectivity index (χ0n) is 15.4. The van der Waals surface area contributed by atoms with Crippen LogP contribution in [0.5, 0.6) is 0 Å². The molecule has 2 heterocycles. The summed E-state index contributed by atoms with van der Waals surface area (Å²) in [5.41, 5.74) is 3.84. The summed E-state index contributed by atoms with van der Waals surface area (Å²) < 4.78 is 0. The second-order valence-electron chi connectivity index (χ2n) is 7.05. The van der Waals surface area contributed by atoms with Crippen LogP contribution in [-0.4, -0.2) is 34.8 Å². The molecule has 0 radical (unpaired) electrons. The monoisotopic (exact) mass is 351 g/mol. The topological polar surface area (TPSA) is 62.3 Å². The van der Waals surface area contributed by atoms with Gasteiger partial charge in [0.05, 0.1) is 5.92 Å². The summed E-state index contributed by atoms with van der Waals surface area (Å²) in [6.45, 7) is 5.64. The first-order chi connectivity index (χ1) is 12.5. The molecule has 26 heavy (non-hydrogen) atoms. The van der Waals surface area contributed by atoms with Crippen molar-refractivity contribution in [2.24, 2.45) is 5.92 Å². The fourth-order valence-corrected chi connectivity index (χ4v) is 3.49. The predicted molar refractivity (Wildman–Crippen MR) is 101 cm³/mol. The molecule has 5 nitrogen and oxygen atoms in total. The number of piperidine rings is 1. The minimum atomic E-state index is -0.157. The molecule has 136 valence electrons. The summed E-state index contributed by atoms with van der Waals surface area (Å²) in [4.78, 5) is 31.2. The van der Waals surface area contributed by atoms with Crippen LogP contribution in [0, 0.1) is 19.8 Å². The van der Waals surface area contributed by atoms with Crippen molar-refractivity contribution < 1.29 is 9.59 Å². The van der Waals surface area contributed by atoms with E-state index in [1.807, 2.05) is 43.0 Å². The third-order valence-electron chi connectivity index (χ3n) is 4.74. The van der Waals surface area contributed by atoms with Gasteiger partial charge in [0.2, 0.25) is 5.91 Å². The van der Waals surface area contributed by atoms with E-state index in [1.54, 1.807) is 12.4 Å². The van der Waals surface area contributed by atoms with Gasteiger partial charge < -0.3 is 10.2 Å². The molecule has 1 atom stereocenters. The number of amides is 2. The average Bonchev–Trinajstić information content (AvgIpc) is 2.65. The number of carbonyl (C=O) groups excluding carboxylic acids is 2. The van der Waals surface area contributed by atoms with Crippen LogP contribution in [0.3, 0.4) is 0 Å². The molecule has 1 saturated heterocycles. The molecule has 5 heteroatoms. The lowest BCUT2D eigenvalue weighted by Gasteiger charge is -2.32. The summed E-state index contributed by atoms with van der Waals surface area (Å²) in [6, 6.07) is 9.68. The Balaban J connectivity index is 1.61. The lowest BCUT2D eigenvalue weighted by molar-refractivity contribution is -0.126. The number of aryl methyl sites for hydroxylation is 2. The summed E-state index contributed by atoms with van der Waals surface area (Å²) in [6.07, 6.45) is 5.12. The molecule has 0 spiro atoms. The number of hydrogen-bond donors (Lipinski definition) is 1. The highest BCUT2D eigenvalue weighted by molar-refractivity contribution is 5.95. The molecule has 2 aromatic rings. The number of likely N-dealkylation sites (tertiary alicyclic amines) is 1. The standard InChI is InChI=1S/C21H25N3O2/c1-15-9-16(2)11-19(10-15)21(26)24-8-4-6-18(14-24)20(25)23-13-17-5-3-7-22-12-17/h3,5,7,9-12,18H,4,6,8,13-14H2,1-2H3,(H,23,25). The van der Waals surface area contributed by atoms with E-state index in [4.69, 9.17) is 0 Å². The number of pyridine rings is 1. The Morgan fingerprint density at radius 3 is 2.69 bits per heavy atom. The number of benzene rings is 1. The molecule has 1 aliphatic rings. The van der Waals surface area contributed by atoms with E-state index in [9.17, 15) is 9.59 Å². The fourth-order valence-electron chi connectivity index (χ4n) is 3.49. The highest BCUT2D eigenvalue weighted by atomic mass is 16.2. The van der Waals surface area contributed by atoms with Crippen molar-refractivity contribution in [1.29, 1.82) is 0 Å². The van der Waals surface area contributed by atoms with E-state index >= 15 is 0 Å². The Morgan fingerprint density at radius 2 is 2.00 bits per heavy atom. The molecule has 3 rings (SSSR count). The summed E-state index contributed by atoms with van der Waals surface area (Å²) in [5.74, 6) is -0.136. The van der Waals surface area contributed by atoms with Crippen LogP contribution in [0.4, 0.5) is 0 Å². The Labute approximate surface area is 154 Å². The first-order valence-corrected chi connectivity index (χ1v) is 9.07. The first kappa shape index (κ1) is 18.1. The number of hydrogen-bond acceptors (Lipinski definition) is 3. The zero-order valence-corrected chi connectivity index (χ0v) is 15.4. The number of aromatic nitrogens is 1. The van der Waals surface area contributed by atoms with E-state index in [0.29, 0.717) is 25.2 Å². The van der Waals surface area contributed by atoms with Gasteiger partial charge in [0, 0.05) is 37.6 Å². The summed E-state index contributed by atoms with van der Waals surface area (Å²) in [5, 5.41) is 2.97. The largest absolute Gasteiger partial charge is 0.352 e. The maximum absolute atomic E-state index is 12.8.